The number of nitrogens with zero attached hydrogens (tertiary/aromatic N) is 1. The SMILES string of the molecule is C(=NOCCOc1ccc(CC2CNCS2)cc1)c1ccc2ccccc2c1. The Morgan fingerprint density at radius 1 is 1.00 bits per heavy atom. The van der Waals surface area contributed by atoms with Gasteiger partial charge in [0.1, 0.15) is 12.4 Å². The molecular formula is C23H24N2O2S. The number of oxime groups is 1. The highest BCUT2D eigenvalue weighted by Gasteiger charge is 2.15. The zero-order chi connectivity index (χ0) is 19.0. The number of hydrogen-bond donors (Lipinski definition) is 1. The Bertz CT molecular complexity index is 921. The minimum Gasteiger partial charge on any atom is -0.490 e. The van der Waals surface area contributed by atoms with Crippen molar-refractivity contribution < 1.29 is 9.57 Å². The Morgan fingerprint density at radius 2 is 1.86 bits per heavy atom. The van der Waals surface area contributed by atoms with Crippen molar-refractivity contribution in [2.75, 3.05) is 25.6 Å². The Balaban J connectivity index is 1.18. The van der Waals surface area contributed by atoms with E-state index in [-0.39, 0.29) is 0 Å². The van der Waals surface area contributed by atoms with E-state index in [2.05, 4.69) is 46.9 Å². The number of ether oxygens (including phenoxy) is 1. The fourth-order valence-electron chi connectivity index (χ4n) is 3.21. The number of thioether (sulfide) groups is 1. The van der Waals surface area contributed by atoms with Crippen LogP contribution in [0.2, 0.25) is 0 Å². The zero-order valence-electron chi connectivity index (χ0n) is 15.7. The molecule has 1 heterocycles. The summed E-state index contributed by atoms with van der Waals surface area (Å²) in [7, 11) is 0. The number of rotatable bonds is 8. The van der Waals surface area contributed by atoms with Crippen LogP contribution in [0, 0.1) is 0 Å². The van der Waals surface area contributed by atoms with Crippen LogP contribution in [0.3, 0.4) is 0 Å². The third kappa shape index (κ3) is 5.27. The van der Waals surface area contributed by atoms with Gasteiger partial charge in [-0.3, -0.25) is 0 Å². The van der Waals surface area contributed by atoms with Crippen molar-refractivity contribution in [2.24, 2.45) is 5.16 Å². The molecule has 28 heavy (non-hydrogen) atoms. The van der Waals surface area contributed by atoms with Crippen LogP contribution in [0.5, 0.6) is 5.75 Å². The molecule has 1 aliphatic heterocycles. The maximum Gasteiger partial charge on any atom is 0.151 e. The van der Waals surface area contributed by atoms with E-state index in [9.17, 15) is 0 Å². The van der Waals surface area contributed by atoms with Gasteiger partial charge in [0.15, 0.2) is 6.61 Å². The average Bonchev–Trinajstić information content (AvgIpc) is 3.25. The topological polar surface area (TPSA) is 42.9 Å². The molecule has 0 aromatic heterocycles. The van der Waals surface area contributed by atoms with Crippen LogP contribution in [0.1, 0.15) is 11.1 Å². The highest BCUT2D eigenvalue weighted by Crippen LogP contribution is 2.21. The van der Waals surface area contributed by atoms with Crippen LogP contribution in [-0.4, -0.2) is 37.1 Å². The van der Waals surface area contributed by atoms with E-state index in [0.717, 1.165) is 30.2 Å². The molecule has 4 rings (SSSR count). The van der Waals surface area contributed by atoms with Gasteiger partial charge in [0.2, 0.25) is 0 Å². The predicted molar refractivity (Wildman–Crippen MR) is 117 cm³/mol. The van der Waals surface area contributed by atoms with Crippen molar-refractivity contribution in [2.45, 2.75) is 11.7 Å². The van der Waals surface area contributed by atoms with Crippen molar-refractivity contribution in [3.63, 3.8) is 0 Å². The van der Waals surface area contributed by atoms with Crippen molar-refractivity contribution in [3.05, 3.63) is 77.9 Å². The van der Waals surface area contributed by atoms with Gasteiger partial charge in [-0.15, -0.1) is 11.8 Å². The highest BCUT2D eigenvalue weighted by atomic mass is 32.2. The van der Waals surface area contributed by atoms with E-state index in [1.807, 2.05) is 42.1 Å². The summed E-state index contributed by atoms with van der Waals surface area (Å²) in [5, 5.41) is 10.5. The maximum absolute atomic E-state index is 5.72. The third-order valence-corrected chi connectivity index (χ3v) is 5.85. The molecule has 4 nitrogen and oxygen atoms in total. The molecule has 1 saturated heterocycles. The van der Waals surface area contributed by atoms with E-state index in [4.69, 9.17) is 9.57 Å². The lowest BCUT2D eigenvalue weighted by atomic mass is 10.1. The van der Waals surface area contributed by atoms with Crippen molar-refractivity contribution in [1.29, 1.82) is 0 Å². The molecular weight excluding hydrogens is 368 g/mol. The molecule has 5 heteroatoms. The first kappa shape index (κ1) is 18.8. The van der Waals surface area contributed by atoms with E-state index in [1.54, 1.807) is 6.21 Å². The molecule has 1 atom stereocenters. The first-order valence-electron chi connectivity index (χ1n) is 9.55. The summed E-state index contributed by atoms with van der Waals surface area (Å²) < 4.78 is 5.72. The first-order chi connectivity index (χ1) is 13.9. The average molecular weight is 393 g/mol. The number of nitrogens with one attached hydrogen (secondary N) is 1. The zero-order valence-corrected chi connectivity index (χ0v) is 16.5. The molecule has 0 aliphatic carbocycles. The van der Waals surface area contributed by atoms with Crippen LogP contribution >= 0.6 is 11.8 Å². The lowest BCUT2D eigenvalue weighted by Gasteiger charge is -2.09. The Labute approximate surface area is 169 Å². The summed E-state index contributed by atoms with van der Waals surface area (Å²) in [6, 6.07) is 22.8. The van der Waals surface area contributed by atoms with E-state index in [1.165, 1.54) is 16.3 Å². The van der Waals surface area contributed by atoms with Gasteiger partial charge in [0.05, 0.1) is 6.21 Å². The number of hydrogen-bond acceptors (Lipinski definition) is 5. The van der Waals surface area contributed by atoms with Gasteiger partial charge in [-0.1, -0.05) is 53.7 Å². The van der Waals surface area contributed by atoms with E-state index < -0.39 is 0 Å². The molecule has 0 amide bonds. The fraction of sp³-hybridized carbons (Fsp3) is 0.261. The molecule has 0 bridgehead atoms. The second-order valence-corrected chi connectivity index (χ2v) is 8.05. The molecule has 0 radical (unpaired) electrons. The number of benzene rings is 3. The minimum absolute atomic E-state index is 0.413. The van der Waals surface area contributed by atoms with Crippen LogP contribution in [-0.2, 0) is 11.3 Å². The van der Waals surface area contributed by atoms with Crippen LogP contribution in [0.4, 0.5) is 0 Å². The van der Waals surface area contributed by atoms with Gasteiger partial charge < -0.3 is 14.9 Å². The van der Waals surface area contributed by atoms with Gasteiger partial charge in [0.25, 0.3) is 0 Å². The summed E-state index contributed by atoms with van der Waals surface area (Å²) >= 11 is 1.99. The van der Waals surface area contributed by atoms with Crippen molar-refractivity contribution in [3.8, 4) is 5.75 Å². The lowest BCUT2D eigenvalue weighted by molar-refractivity contribution is 0.108. The second kappa shape index (κ2) is 9.62. The standard InChI is InChI=1S/C23H24N2O2S/c1-2-4-21-13-19(5-8-20(21)3-1)15-25-27-12-11-26-22-9-6-18(7-10-22)14-23-16-24-17-28-23/h1-10,13,15,23-24H,11-12,14,16-17H2. The van der Waals surface area contributed by atoms with E-state index >= 15 is 0 Å². The molecule has 0 spiro atoms. The Morgan fingerprint density at radius 3 is 2.68 bits per heavy atom. The minimum atomic E-state index is 0.413. The van der Waals surface area contributed by atoms with Crippen LogP contribution in [0.15, 0.2) is 71.9 Å². The molecule has 1 aliphatic rings. The predicted octanol–water partition coefficient (Wildman–Crippen LogP) is 4.47. The summed E-state index contributed by atoms with van der Waals surface area (Å²) in [4.78, 5) is 5.32. The van der Waals surface area contributed by atoms with Crippen molar-refractivity contribution in [1.82, 2.24) is 5.32 Å². The van der Waals surface area contributed by atoms with Gasteiger partial charge in [0, 0.05) is 17.7 Å². The summed E-state index contributed by atoms with van der Waals surface area (Å²) in [5.74, 6) is 1.93. The second-order valence-electron chi connectivity index (χ2n) is 6.76. The van der Waals surface area contributed by atoms with Gasteiger partial charge >= 0.3 is 0 Å². The first-order valence-corrected chi connectivity index (χ1v) is 10.6. The number of fused-ring (bicyclic) bond motifs is 1. The molecule has 1 unspecified atom stereocenters. The largest absolute Gasteiger partial charge is 0.490 e. The molecule has 1 fully saturated rings. The molecule has 3 aromatic rings. The van der Waals surface area contributed by atoms with Crippen LogP contribution in [0.25, 0.3) is 10.8 Å². The molecule has 144 valence electrons. The van der Waals surface area contributed by atoms with Crippen LogP contribution < -0.4 is 10.1 Å². The normalized spacial score (nSPS) is 16.6. The fourth-order valence-corrected chi connectivity index (χ4v) is 4.22. The Kier molecular flexibility index (Phi) is 6.48. The van der Waals surface area contributed by atoms with Gasteiger partial charge in [-0.25, -0.2) is 0 Å². The smallest absolute Gasteiger partial charge is 0.151 e. The maximum atomic E-state index is 5.72. The summed E-state index contributed by atoms with van der Waals surface area (Å²) in [6.45, 7) is 1.98. The van der Waals surface area contributed by atoms with Gasteiger partial charge in [-0.2, -0.15) is 0 Å². The summed E-state index contributed by atoms with van der Waals surface area (Å²) in [6.07, 6.45) is 2.83. The monoisotopic (exact) mass is 392 g/mol. The summed E-state index contributed by atoms with van der Waals surface area (Å²) in [5.41, 5.74) is 2.37. The highest BCUT2D eigenvalue weighted by molar-refractivity contribution is 8.00. The molecule has 0 saturated carbocycles. The molecule has 3 aromatic carbocycles. The lowest BCUT2D eigenvalue weighted by Crippen LogP contribution is -2.14. The van der Waals surface area contributed by atoms with Crippen molar-refractivity contribution >= 4 is 28.7 Å². The Hall–Kier alpha value is -2.50. The quantitative estimate of drug-likeness (QED) is 0.349. The molecule has 1 N–H and O–H groups in total. The van der Waals surface area contributed by atoms with Gasteiger partial charge in [-0.05, 0) is 46.5 Å². The van der Waals surface area contributed by atoms with E-state index in [0.29, 0.717) is 18.5 Å². The third-order valence-electron chi connectivity index (χ3n) is 4.67.